The van der Waals surface area contributed by atoms with Crippen LogP contribution < -0.4 is 31.5 Å². The molecule has 0 radical (unpaired) electrons. The molecule has 2 fully saturated rings. The molecular formula is C18H36N6O6S. The van der Waals surface area contributed by atoms with Crippen LogP contribution in [-0.2, 0) is 24.4 Å². The monoisotopic (exact) mass is 464 g/mol. The summed E-state index contributed by atoms with van der Waals surface area (Å²) in [5.41, 5.74) is 0.456. The maximum absolute atomic E-state index is 12.5. The summed E-state index contributed by atoms with van der Waals surface area (Å²) in [4.78, 5) is 29.8. The summed E-state index contributed by atoms with van der Waals surface area (Å²) in [6.07, 6.45) is 2.41. The third-order valence-electron chi connectivity index (χ3n) is 5.22. The Hall–Kier alpha value is -1.35. The first kappa shape index (κ1) is 25.9. The molecule has 31 heavy (non-hydrogen) atoms. The van der Waals surface area contributed by atoms with E-state index in [1.807, 2.05) is 6.92 Å². The van der Waals surface area contributed by atoms with Gasteiger partial charge in [-0.15, -0.1) is 0 Å². The highest BCUT2D eigenvalue weighted by Gasteiger charge is 2.44. The van der Waals surface area contributed by atoms with Gasteiger partial charge in [-0.2, -0.15) is 4.72 Å². The summed E-state index contributed by atoms with van der Waals surface area (Å²) in [5.74, 6) is -2.31. The Morgan fingerprint density at radius 1 is 1.13 bits per heavy atom. The first-order chi connectivity index (χ1) is 14.8. The van der Waals surface area contributed by atoms with E-state index in [1.165, 1.54) is 0 Å². The molecule has 0 aromatic carbocycles. The molecule has 13 heteroatoms. The van der Waals surface area contributed by atoms with Gasteiger partial charge in [0.15, 0.2) is 6.10 Å². The van der Waals surface area contributed by atoms with Crippen LogP contribution in [0.15, 0.2) is 0 Å². The van der Waals surface area contributed by atoms with E-state index in [4.69, 9.17) is 4.84 Å². The molecule has 2 aliphatic heterocycles. The number of hydroxylamine groups is 1. The fourth-order valence-corrected chi connectivity index (χ4v) is 5.01. The second-order valence-electron chi connectivity index (χ2n) is 7.87. The number of unbranched alkanes of at least 4 members (excludes halogenated alkanes) is 3. The van der Waals surface area contributed by atoms with Crippen molar-refractivity contribution in [1.29, 1.82) is 0 Å². The molecular weight excluding hydrogens is 428 g/mol. The molecule has 2 rings (SSSR count). The molecule has 2 heterocycles. The highest BCUT2D eigenvalue weighted by Crippen LogP contribution is 2.17. The van der Waals surface area contributed by atoms with Crippen LogP contribution in [0.4, 0.5) is 0 Å². The summed E-state index contributed by atoms with van der Waals surface area (Å²) >= 11 is 0. The van der Waals surface area contributed by atoms with Gasteiger partial charge in [-0.3, -0.25) is 25.6 Å². The Labute approximate surface area is 183 Å². The summed E-state index contributed by atoms with van der Waals surface area (Å²) in [5, 5.41) is 22.1. The van der Waals surface area contributed by atoms with Gasteiger partial charge >= 0.3 is 5.97 Å². The normalized spacial score (nSPS) is 21.8. The second-order valence-corrected chi connectivity index (χ2v) is 9.71. The lowest BCUT2D eigenvalue weighted by atomic mass is 10.0. The Balaban J connectivity index is 1.97. The van der Waals surface area contributed by atoms with Crippen molar-refractivity contribution in [1.82, 2.24) is 31.5 Å². The molecule has 180 valence electrons. The van der Waals surface area contributed by atoms with E-state index >= 15 is 0 Å². The lowest BCUT2D eigenvalue weighted by molar-refractivity contribution is -0.151. The van der Waals surface area contributed by atoms with Crippen molar-refractivity contribution in [3.8, 4) is 0 Å². The van der Waals surface area contributed by atoms with Crippen LogP contribution in [-0.4, -0.2) is 75.4 Å². The van der Waals surface area contributed by atoms with Crippen LogP contribution in [0.25, 0.3) is 0 Å². The summed E-state index contributed by atoms with van der Waals surface area (Å²) in [7, 11) is -3.90. The summed E-state index contributed by atoms with van der Waals surface area (Å²) in [6, 6.07) is 0. The number of carboxylic acid groups (broad SMARTS) is 1. The largest absolute Gasteiger partial charge is 0.478 e. The van der Waals surface area contributed by atoms with Crippen LogP contribution in [0.1, 0.15) is 51.9 Å². The molecule has 0 spiro atoms. The van der Waals surface area contributed by atoms with Gasteiger partial charge in [0, 0.05) is 19.6 Å². The highest BCUT2D eigenvalue weighted by atomic mass is 32.2. The Morgan fingerprint density at radius 3 is 2.48 bits per heavy atom. The third kappa shape index (κ3) is 8.60. The number of carboxylic acids is 1. The quantitative estimate of drug-likeness (QED) is 0.112. The molecule has 0 aromatic heterocycles. The Kier molecular flexibility index (Phi) is 10.6. The standard InChI is InChI=1S/C18H36N6O6S/c1-2-3-13-31(28,29)24-18(16(26)27,23-15(25)14-7-10-22-30-14)8-5-4-6-9-19-17-20-11-12-21-17/h14,17,19-22,24H,2-13H2,1H3,(H,23,25)(H,26,27). The van der Waals surface area contributed by atoms with Gasteiger partial charge in [0.25, 0.3) is 5.91 Å². The molecule has 2 unspecified atom stereocenters. The van der Waals surface area contributed by atoms with Crippen molar-refractivity contribution in [3.63, 3.8) is 0 Å². The van der Waals surface area contributed by atoms with Gasteiger partial charge < -0.3 is 10.4 Å². The molecule has 2 aliphatic rings. The zero-order chi connectivity index (χ0) is 22.7. The molecule has 0 saturated carbocycles. The van der Waals surface area contributed by atoms with E-state index in [0.717, 1.165) is 26.1 Å². The van der Waals surface area contributed by atoms with Gasteiger partial charge in [0.05, 0.1) is 5.75 Å². The highest BCUT2D eigenvalue weighted by molar-refractivity contribution is 7.89. The number of sulfonamides is 1. The molecule has 1 amide bonds. The van der Waals surface area contributed by atoms with E-state index in [0.29, 0.717) is 38.6 Å². The third-order valence-corrected chi connectivity index (χ3v) is 6.71. The summed E-state index contributed by atoms with van der Waals surface area (Å²) in [6.45, 7) is 4.82. The summed E-state index contributed by atoms with van der Waals surface area (Å²) < 4.78 is 27.3. The van der Waals surface area contributed by atoms with E-state index in [1.54, 1.807) is 0 Å². The fraction of sp³-hybridized carbons (Fsp3) is 0.889. The smallest absolute Gasteiger partial charge is 0.345 e. The van der Waals surface area contributed by atoms with Crippen molar-refractivity contribution in [2.75, 3.05) is 31.9 Å². The van der Waals surface area contributed by atoms with Gasteiger partial charge in [0.1, 0.15) is 6.29 Å². The van der Waals surface area contributed by atoms with Gasteiger partial charge in [-0.25, -0.2) is 18.7 Å². The first-order valence-corrected chi connectivity index (χ1v) is 12.6. The zero-order valence-corrected chi connectivity index (χ0v) is 18.9. The minimum atomic E-state index is -3.90. The average molecular weight is 465 g/mol. The predicted molar refractivity (Wildman–Crippen MR) is 114 cm³/mol. The number of hydrogen-bond donors (Lipinski definition) is 7. The molecule has 2 saturated heterocycles. The number of carbonyl (C=O) groups is 2. The number of aliphatic carboxylic acids is 1. The van der Waals surface area contributed by atoms with Crippen LogP contribution >= 0.6 is 0 Å². The SMILES string of the molecule is CCCCS(=O)(=O)NC(CCCCCNC1NCCN1)(NC(=O)C1CCNO1)C(=O)O. The van der Waals surface area contributed by atoms with Crippen LogP contribution in [0.3, 0.4) is 0 Å². The van der Waals surface area contributed by atoms with E-state index < -0.39 is 33.7 Å². The number of rotatable bonds is 15. The molecule has 0 bridgehead atoms. The van der Waals surface area contributed by atoms with Gasteiger partial charge in [-0.05, 0) is 38.6 Å². The molecule has 7 N–H and O–H groups in total. The molecule has 12 nitrogen and oxygen atoms in total. The molecule has 2 atom stereocenters. The topological polar surface area (TPSA) is 170 Å². The van der Waals surface area contributed by atoms with Gasteiger partial charge in [0.2, 0.25) is 15.7 Å². The van der Waals surface area contributed by atoms with E-state index in [-0.39, 0.29) is 18.5 Å². The van der Waals surface area contributed by atoms with Crippen LogP contribution in [0.2, 0.25) is 0 Å². The lowest BCUT2D eigenvalue weighted by Gasteiger charge is -2.32. The zero-order valence-electron chi connectivity index (χ0n) is 18.0. The van der Waals surface area contributed by atoms with E-state index in [9.17, 15) is 23.1 Å². The minimum Gasteiger partial charge on any atom is -0.478 e. The maximum atomic E-state index is 12.5. The average Bonchev–Trinajstić information content (AvgIpc) is 3.42. The van der Waals surface area contributed by atoms with Crippen molar-refractivity contribution in [2.24, 2.45) is 0 Å². The van der Waals surface area contributed by atoms with Crippen molar-refractivity contribution >= 4 is 21.9 Å². The first-order valence-electron chi connectivity index (χ1n) is 10.9. The van der Waals surface area contributed by atoms with Crippen molar-refractivity contribution in [2.45, 2.75) is 69.9 Å². The van der Waals surface area contributed by atoms with Crippen molar-refractivity contribution in [3.05, 3.63) is 0 Å². The number of nitrogens with one attached hydrogen (secondary N) is 6. The Morgan fingerprint density at radius 2 is 1.87 bits per heavy atom. The number of hydrogen-bond acceptors (Lipinski definition) is 9. The molecule has 0 aromatic rings. The van der Waals surface area contributed by atoms with Crippen LogP contribution in [0.5, 0.6) is 0 Å². The fourth-order valence-electron chi connectivity index (χ4n) is 3.47. The minimum absolute atomic E-state index is 0.0699. The second kappa shape index (κ2) is 12.6. The number of carbonyl (C=O) groups excluding carboxylic acids is 1. The predicted octanol–water partition coefficient (Wildman–Crippen LogP) is -1.48. The lowest BCUT2D eigenvalue weighted by Crippen LogP contribution is -2.67. The van der Waals surface area contributed by atoms with Gasteiger partial charge in [-0.1, -0.05) is 19.8 Å². The van der Waals surface area contributed by atoms with Crippen molar-refractivity contribution < 1.29 is 28.0 Å². The number of amides is 1. The van der Waals surface area contributed by atoms with Crippen LogP contribution in [0, 0.1) is 0 Å². The maximum Gasteiger partial charge on any atom is 0.345 e. The molecule has 0 aliphatic carbocycles. The van der Waals surface area contributed by atoms with E-state index in [2.05, 4.69) is 31.5 Å². The Bertz CT molecular complexity index is 681.